The molecule has 20 heavy (non-hydrogen) atoms. The molecule has 1 aliphatic rings. The van der Waals surface area contributed by atoms with Gasteiger partial charge in [0.25, 0.3) is 0 Å². The van der Waals surface area contributed by atoms with E-state index >= 15 is 0 Å². The number of ether oxygens (including phenoxy) is 1. The Morgan fingerprint density at radius 3 is 2.75 bits per heavy atom. The first-order chi connectivity index (χ1) is 9.85. The molecule has 0 aromatic heterocycles. The molecular weight excluding hydrogens is 250 g/mol. The molecule has 0 spiro atoms. The van der Waals surface area contributed by atoms with Crippen LogP contribution in [-0.2, 0) is 17.6 Å². The van der Waals surface area contributed by atoms with Gasteiger partial charge in [0.1, 0.15) is 0 Å². The van der Waals surface area contributed by atoms with E-state index in [-0.39, 0.29) is 6.61 Å². The van der Waals surface area contributed by atoms with Crippen LogP contribution in [0.2, 0.25) is 0 Å². The lowest BCUT2D eigenvalue weighted by molar-refractivity contribution is 0.0606. The molecule has 0 saturated carbocycles. The summed E-state index contributed by atoms with van der Waals surface area (Å²) in [4.78, 5) is 2.56. The fraction of sp³-hybridized carbons (Fsp3) is 0.647. The van der Waals surface area contributed by atoms with Gasteiger partial charge in [0.05, 0.1) is 19.8 Å². The van der Waals surface area contributed by atoms with Gasteiger partial charge < -0.3 is 9.84 Å². The number of nitrogens with zero attached hydrogens (tertiary/aromatic N) is 1. The fourth-order valence-corrected chi connectivity index (χ4v) is 3.10. The number of hydrogen-bond acceptors (Lipinski definition) is 3. The van der Waals surface area contributed by atoms with Crippen molar-refractivity contribution in [1.82, 2.24) is 4.90 Å². The molecule has 1 aromatic carbocycles. The van der Waals surface area contributed by atoms with E-state index in [0.29, 0.717) is 12.6 Å². The smallest absolute Gasteiger partial charge is 0.0698 e. The molecule has 0 radical (unpaired) electrons. The maximum Gasteiger partial charge on any atom is 0.0698 e. The van der Waals surface area contributed by atoms with Gasteiger partial charge in [-0.05, 0) is 43.4 Å². The van der Waals surface area contributed by atoms with Crippen molar-refractivity contribution >= 4 is 0 Å². The Hall–Kier alpha value is -0.900. The Morgan fingerprint density at radius 1 is 1.20 bits per heavy atom. The van der Waals surface area contributed by atoms with Crippen LogP contribution in [0.1, 0.15) is 30.9 Å². The van der Waals surface area contributed by atoms with Crippen molar-refractivity contribution in [3.63, 3.8) is 0 Å². The van der Waals surface area contributed by atoms with Crippen molar-refractivity contribution in [1.29, 1.82) is 0 Å². The molecule has 1 aromatic rings. The molecular formula is C17H27NO2. The SMILES string of the molecule is CCCN(CCOCCO)C1CCc2ccccc2C1. The normalized spacial score (nSPS) is 18.2. The van der Waals surface area contributed by atoms with Crippen molar-refractivity contribution in [3.05, 3.63) is 35.4 Å². The summed E-state index contributed by atoms with van der Waals surface area (Å²) in [5.74, 6) is 0. The number of aliphatic hydroxyl groups is 1. The third-order valence-corrected chi connectivity index (χ3v) is 4.11. The van der Waals surface area contributed by atoms with Crippen molar-refractivity contribution < 1.29 is 9.84 Å². The monoisotopic (exact) mass is 277 g/mol. The number of aliphatic hydroxyl groups excluding tert-OH is 1. The van der Waals surface area contributed by atoms with E-state index < -0.39 is 0 Å². The molecule has 0 amide bonds. The zero-order valence-electron chi connectivity index (χ0n) is 12.6. The Balaban J connectivity index is 1.90. The Bertz CT molecular complexity index is 394. The van der Waals surface area contributed by atoms with E-state index in [4.69, 9.17) is 9.84 Å². The van der Waals surface area contributed by atoms with Crippen LogP contribution in [0.4, 0.5) is 0 Å². The third-order valence-electron chi connectivity index (χ3n) is 4.11. The van der Waals surface area contributed by atoms with Gasteiger partial charge in [0.15, 0.2) is 0 Å². The van der Waals surface area contributed by atoms with Gasteiger partial charge in [-0.1, -0.05) is 31.2 Å². The van der Waals surface area contributed by atoms with Crippen LogP contribution in [0.3, 0.4) is 0 Å². The van der Waals surface area contributed by atoms with E-state index in [1.165, 1.54) is 30.4 Å². The first kappa shape index (κ1) is 15.5. The lowest BCUT2D eigenvalue weighted by Crippen LogP contribution is -2.41. The van der Waals surface area contributed by atoms with Gasteiger partial charge >= 0.3 is 0 Å². The molecule has 3 heteroatoms. The van der Waals surface area contributed by atoms with Crippen molar-refractivity contribution in [2.75, 3.05) is 32.9 Å². The number of rotatable bonds is 8. The van der Waals surface area contributed by atoms with E-state index in [9.17, 15) is 0 Å². The van der Waals surface area contributed by atoms with Gasteiger partial charge in [0, 0.05) is 12.6 Å². The predicted molar refractivity (Wildman–Crippen MR) is 82.0 cm³/mol. The van der Waals surface area contributed by atoms with E-state index in [2.05, 4.69) is 36.1 Å². The molecule has 3 nitrogen and oxygen atoms in total. The highest BCUT2D eigenvalue weighted by Gasteiger charge is 2.23. The minimum Gasteiger partial charge on any atom is -0.394 e. The molecule has 0 aliphatic heterocycles. The lowest BCUT2D eigenvalue weighted by Gasteiger charge is -2.35. The van der Waals surface area contributed by atoms with Crippen LogP contribution >= 0.6 is 0 Å². The van der Waals surface area contributed by atoms with Crippen LogP contribution in [0.15, 0.2) is 24.3 Å². The highest BCUT2D eigenvalue weighted by atomic mass is 16.5. The molecule has 112 valence electrons. The maximum atomic E-state index is 8.75. The highest BCUT2D eigenvalue weighted by Crippen LogP contribution is 2.24. The quantitative estimate of drug-likeness (QED) is 0.740. The Labute approximate surface area is 122 Å². The average molecular weight is 277 g/mol. The lowest BCUT2D eigenvalue weighted by atomic mass is 9.87. The van der Waals surface area contributed by atoms with Gasteiger partial charge in [-0.3, -0.25) is 4.90 Å². The molecule has 0 bridgehead atoms. The van der Waals surface area contributed by atoms with Gasteiger partial charge in [-0.15, -0.1) is 0 Å². The van der Waals surface area contributed by atoms with E-state index in [1.807, 2.05) is 0 Å². The summed E-state index contributed by atoms with van der Waals surface area (Å²) in [6.07, 6.45) is 4.78. The van der Waals surface area contributed by atoms with Crippen LogP contribution in [0.25, 0.3) is 0 Å². The zero-order valence-corrected chi connectivity index (χ0v) is 12.6. The topological polar surface area (TPSA) is 32.7 Å². The molecule has 1 atom stereocenters. The summed E-state index contributed by atoms with van der Waals surface area (Å²) in [6.45, 7) is 5.63. The highest BCUT2D eigenvalue weighted by molar-refractivity contribution is 5.30. The van der Waals surface area contributed by atoms with Gasteiger partial charge in [-0.25, -0.2) is 0 Å². The second-order valence-corrected chi connectivity index (χ2v) is 5.54. The summed E-state index contributed by atoms with van der Waals surface area (Å²) in [6, 6.07) is 9.47. The molecule has 1 aliphatic carbocycles. The predicted octanol–water partition coefficient (Wildman–Crippen LogP) is 2.26. The summed E-state index contributed by atoms with van der Waals surface area (Å²) in [7, 11) is 0. The first-order valence-electron chi connectivity index (χ1n) is 7.84. The van der Waals surface area contributed by atoms with E-state index in [0.717, 1.165) is 26.1 Å². The first-order valence-corrected chi connectivity index (χ1v) is 7.84. The van der Waals surface area contributed by atoms with Crippen LogP contribution in [0.5, 0.6) is 0 Å². The van der Waals surface area contributed by atoms with Crippen LogP contribution in [-0.4, -0.2) is 49.0 Å². The summed E-state index contributed by atoms with van der Waals surface area (Å²) < 4.78 is 5.43. The molecule has 2 rings (SSSR count). The number of fused-ring (bicyclic) bond motifs is 1. The largest absolute Gasteiger partial charge is 0.394 e. The number of aryl methyl sites for hydroxylation is 1. The molecule has 0 saturated heterocycles. The minimum absolute atomic E-state index is 0.116. The summed E-state index contributed by atoms with van der Waals surface area (Å²) >= 11 is 0. The molecule has 1 N–H and O–H groups in total. The molecule has 0 heterocycles. The second-order valence-electron chi connectivity index (χ2n) is 5.54. The second kappa shape index (κ2) is 8.40. The average Bonchev–Trinajstić information content (AvgIpc) is 2.50. The summed E-state index contributed by atoms with van der Waals surface area (Å²) in [5, 5.41) is 8.75. The van der Waals surface area contributed by atoms with Gasteiger partial charge in [-0.2, -0.15) is 0 Å². The molecule has 0 fully saturated rings. The van der Waals surface area contributed by atoms with Gasteiger partial charge in [0.2, 0.25) is 0 Å². The van der Waals surface area contributed by atoms with Crippen LogP contribution < -0.4 is 0 Å². The Kier molecular flexibility index (Phi) is 6.51. The number of hydrogen-bond donors (Lipinski definition) is 1. The maximum absolute atomic E-state index is 8.75. The Morgan fingerprint density at radius 2 is 2.00 bits per heavy atom. The van der Waals surface area contributed by atoms with Crippen molar-refractivity contribution in [2.45, 2.75) is 38.6 Å². The summed E-state index contributed by atoms with van der Waals surface area (Å²) in [5.41, 5.74) is 3.04. The molecule has 1 unspecified atom stereocenters. The fourth-order valence-electron chi connectivity index (χ4n) is 3.10. The minimum atomic E-state index is 0.116. The third kappa shape index (κ3) is 4.30. The van der Waals surface area contributed by atoms with E-state index in [1.54, 1.807) is 0 Å². The zero-order chi connectivity index (χ0) is 14.2. The van der Waals surface area contributed by atoms with Crippen LogP contribution in [0, 0.1) is 0 Å². The standard InChI is InChI=1S/C17H27NO2/c1-2-9-18(10-12-20-13-11-19)17-8-7-15-5-3-4-6-16(15)14-17/h3-6,17,19H,2,7-14H2,1H3. The van der Waals surface area contributed by atoms with Crippen molar-refractivity contribution in [2.24, 2.45) is 0 Å². The van der Waals surface area contributed by atoms with Crippen molar-refractivity contribution in [3.8, 4) is 0 Å². The number of benzene rings is 1.